The first-order chi connectivity index (χ1) is 19.4. The predicted molar refractivity (Wildman–Crippen MR) is 158 cm³/mol. The monoisotopic (exact) mass is 542 g/mol. The lowest BCUT2D eigenvalue weighted by Crippen LogP contribution is -2.43. The van der Waals surface area contributed by atoms with Crippen molar-refractivity contribution in [1.29, 1.82) is 0 Å². The van der Waals surface area contributed by atoms with Gasteiger partial charge >= 0.3 is 6.09 Å². The molecule has 0 spiro atoms. The summed E-state index contributed by atoms with van der Waals surface area (Å²) < 4.78 is 5.75. The molecule has 1 heterocycles. The molecule has 1 aliphatic rings. The number of likely N-dealkylation sites (tertiary alicyclic amines) is 1. The van der Waals surface area contributed by atoms with Gasteiger partial charge in [0.25, 0.3) is 5.91 Å². The number of para-hydroxylation sites is 1. The van der Waals surface area contributed by atoms with Gasteiger partial charge in [-0.25, -0.2) is 4.79 Å². The van der Waals surface area contributed by atoms with Gasteiger partial charge in [-0.05, 0) is 43.7 Å². The second kappa shape index (κ2) is 14.4. The molecule has 4 rings (SSSR count). The van der Waals surface area contributed by atoms with E-state index in [1.165, 1.54) is 0 Å². The van der Waals surface area contributed by atoms with Crippen molar-refractivity contribution in [3.63, 3.8) is 0 Å². The van der Waals surface area contributed by atoms with Crippen LogP contribution in [-0.4, -0.2) is 92.5 Å². The predicted octanol–water partition coefficient (Wildman–Crippen LogP) is 4.88. The highest BCUT2D eigenvalue weighted by atomic mass is 16.6. The standard InChI is InChI=1S/C32H38N4O4/c1-34(20-22-35(2)31(38)27-14-12-25(24-37)13-15-27)21-23-36-18-16-28(17-19-36)40-32(39)33-30-11-7-6-10-29(30)26-8-4-3-5-9-26/h3-15,24,28H,16-23H2,1-2H3,(H,33,39). The van der Waals surface area contributed by atoms with Gasteiger partial charge < -0.3 is 19.4 Å². The van der Waals surface area contributed by atoms with Crippen LogP contribution < -0.4 is 5.32 Å². The summed E-state index contributed by atoms with van der Waals surface area (Å²) in [5.74, 6) is -0.0551. The van der Waals surface area contributed by atoms with E-state index >= 15 is 0 Å². The molecule has 8 nitrogen and oxygen atoms in total. The molecule has 0 aromatic heterocycles. The molecule has 40 heavy (non-hydrogen) atoms. The fourth-order valence-electron chi connectivity index (χ4n) is 4.77. The van der Waals surface area contributed by atoms with Gasteiger partial charge in [0.05, 0.1) is 5.69 Å². The van der Waals surface area contributed by atoms with E-state index in [1.54, 1.807) is 36.2 Å². The van der Waals surface area contributed by atoms with Gasteiger partial charge in [-0.15, -0.1) is 0 Å². The highest BCUT2D eigenvalue weighted by molar-refractivity contribution is 5.94. The van der Waals surface area contributed by atoms with E-state index in [1.807, 2.05) is 54.6 Å². The molecule has 0 bridgehead atoms. The highest BCUT2D eigenvalue weighted by Gasteiger charge is 2.23. The van der Waals surface area contributed by atoms with Crippen LogP contribution in [0.4, 0.5) is 10.5 Å². The lowest BCUT2D eigenvalue weighted by molar-refractivity contribution is 0.0562. The third kappa shape index (κ3) is 8.24. The topological polar surface area (TPSA) is 82.2 Å². The van der Waals surface area contributed by atoms with Crippen LogP contribution in [0.15, 0.2) is 78.9 Å². The van der Waals surface area contributed by atoms with Gasteiger partial charge in [0, 0.05) is 63.0 Å². The van der Waals surface area contributed by atoms with Crippen LogP contribution in [-0.2, 0) is 4.74 Å². The quantitative estimate of drug-likeness (QED) is 0.348. The van der Waals surface area contributed by atoms with Crippen molar-refractivity contribution in [2.24, 2.45) is 0 Å². The number of piperidine rings is 1. The molecule has 210 valence electrons. The molecule has 0 radical (unpaired) electrons. The van der Waals surface area contributed by atoms with Crippen molar-refractivity contribution in [2.75, 3.05) is 58.7 Å². The van der Waals surface area contributed by atoms with E-state index in [0.717, 1.165) is 68.7 Å². The molecule has 0 aliphatic carbocycles. The van der Waals surface area contributed by atoms with Crippen LogP contribution in [0.1, 0.15) is 33.6 Å². The molecule has 2 amide bonds. The van der Waals surface area contributed by atoms with Crippen LogP contribution in [0.2, 0.25) is 0 Å². The van der Waals surface area contributed by atoms with Gasteiger partial charge in [-0.1, -0.05) is 60.7 Å². The maximum atomic E-state index is 12.7. The summed E-state index contributed by atoms with van der Waals surface area (Å²) in [5, 5.41) is 2.93. The Balaban J connectivity index is 1.14. The second-order valence-electron chi connectivity index (χ2n) is 10.3. The van der Waals surface area contributed by atoms with Crippen molar-refractivity contribution in [1.82, 2.24) is 14.7 Å². The minimum Gasteiger partial charge on any atom is -0.446 e. The van der Waals surface area contributed by atoms with Crippen LogP contribution in [0.3, 0.4) is 0 Å². The number of nitrogens with zero attached hydrogens (tertiary/aromatic N) is 3. The van der Waals surface area contributed by atoms with Gasteiger partial charge in [-0.2, -0.15) is 0 Å². The molecule has 0 saturated carbocycles. The number of benzene rings is 3. The number of rotatable bonds is 11. The minimum absolute atomic E-state index is 0.0551. The van der Waals surface area contributed by atoms with Gasteiger partial charge in [0.1, 0.15) is 12.4 Å². The maximum Gasteiger partial charge on any atom is 0.411 e. The third-order valence-corrected chi connectivity index (χ3v) is 7.31. The molecule has 1 fully saturated rings. The minimum atomic E-state index is -0.417. The average Bonchev–Trinajstić information content (AvgIpc) is 3.00. The Kier molecular flexibility index (Phi) is 10.4. The summed E-state index contributed by atoms with van der Waals surface area (Å²) in [6.45, 7) is 4.94. The van der Waals surface area contributed by atoms with E-state index in [2.05, 4.69) is 22.2 Å². The SMILES string of the molecule is CN(CCN1CCC(OC(=O)Nc2ccccc2-c2ccccc2)CC1)CCN(C)C(=O)c1ccc(C=O)cc1. The van der Waals surface area contributed by atoms with Crippen LogP contribution in [0.25, 0.3) is 11.1 Å². The summed E-state index contributed by atoms with van der Waals surface area (Å²) in [4.78, 5) is 42.4. The number of anilines is 1. The molecule has 1 N–H and O–H groups in total. The van der Waals surface area contributed by atoms with Crippen LogP contribution in [0.5, 0.6) is 0 Å². The first kappa shape index (κ1) is 29.0. The number of ether oxygens (including phenoxy) is 1. The normalized spacial score (nSPS) is 14.1. The van der Waals surface area contributed by atoms with E-state index in [9.17, 15) is 14.4 Å². The van der Waals surface area contributed by atoms with E-state index in [4.69, 9.17) is 4.74 Å². The van der Waals surface area contributed by atoms with Gasteiger partial charge in [-0.3, -0.25) is 14.9 Å². The van der Waals surface area contributed by atoms with Crippen molar-refractivity contribution in [2.45, 2.75) is 18.9 Å². The molecular formula is C32H38N4O4. The zero-order valence-electron chi connectivity index (χ0n) is 23.3. The number of likely N-dealkylation sites (N-methyl/N-ethyl adjacent to an activating group) is 2. The summed E-state index contributed by atoms with van der Waals surface area (Å²) in [6, 6.07) is 24.4. The summed E-state index contributed by atoms with van der Waals surface area (Å²) >= 11 is 0. The molecule has 1 saturated heterocycles. The lowest BCUT2D eigenvalue weighted by atomic mass is 10.0. The van der Waals surface area contributed by atoms with Crippen LogP contribution in [0, 0.1) is 0 Å². The second-order valence-corrected chi connectivity index (χ2v) is 10.3. The summed E-state index contributed by atoms with van der Waals surface area (Å²) in [5.41, 5.74) is 3.88. The molecule has 0 atom stereocenters. The number of nitrogens with one attached hydrogen (secondary N) is 1. The zero-order valence-corrected chi connectivity index (χ0v) is 23.3. The lowest BCUT2D eigenvalue weighted by Gasteiger charge is -2.33. The van der Waals surface area contributed by atoms with E-state index in [0.29, 0.717) is 17.7 Å². The van der Waals surface area contributed by atoms with Crippen molar-refractivity contribution in [3.8, 4) is 11.1 Å². The molecule has 8 heteroatoms. The Morgan fingerprint density at radius 2 is 1.57 bits per heavy atom. The number of hydrogen-bond donors (Lipinski definition) is 1. The van der Waals surface area contributed by atoms with E-state index in [-0.39, 0.29) is 12.0 Å². The van der Waals surface area contributed by atoms with Crippen LogP contribution >= 0.6 is 0 Å². The molecular weight excluding hydrogens is 504 g/mol. The fraction of sp³-hybridized carbons (Fsp3) is 0.344. The molecule has 0 unspecified atom stereocenters. The Morgan fingerprint density at radius 3 is 2.27 bits per heavy atom. The fourth-order valence-corrected chi connectivity index (χ4v) is 4.77. The van der Waals surface area contributed by atoms with Crippen molar-refractivity contribution >= 4 is 24.0 Å². The Labute approximate surface area is 236 Å². The first-order valence-corrected chi connectivity index (χ1v) is 13.8. The highest BCUT2D eigenvalue weighted by Crippen LogP contribution is 2.28. The Bertz CT molecular complexity index is 1260. The Hall–Kier alpha value is -4.01. The summed E-state index contributed by atoms with van der Waals surface area (Å²) in [7, 11) is 3.86. The Morgan fingerprint density at radius 1 is 0.900 bits per heavy atom. The number of hydrogen-bond acceptors (Lipinski definition) is 6. The average molecular weight is 543 g/mol. The molecule has 1 aliphatic heterocycles. The van der Waals surface area contributed by atoms with E-state index < -0.39 is 6.09 Å². The maximum absolute atomic E-state index is 12.7. The number of carbonyl (C=O) groups is 3. The number of carbonyl (C=O) groups excluding carboxylic acids is 3. The van der Waals surface area contributed by atoms with Gasteiger partial charge in [0.2, 0.25) is 0 Å². The number of aldehydes is 1. The third-order valence-electron chi connectivity index (χ3n) is 7.31. The largest absolute Gasteiger partial charge is 0.446 e. The first-order valence-electron chi connectivity index (χ1n) is 13.8. The van der Waals surface area contributed by atoms with Crippen molar-refractivity contribution < 1.29 is 19.1 Å². The smallest absolute Gasteiger partial charge is 0.411 e. The molecule has 3 aromatic rings. The van der Waals surface area contributed by atoms with Crippen molar-refractivity contribution in [3.05, 3.63) is 90.0 Å². The molecule has 3 aromatic carbocycles. The zero-order chi connectivity index (χ0) is 28.3. The summed E-state index contributed by atoms with van der Waals surface area (Å²) in [6.07, 6.45) is 1.86. The number of amides is 2. The van der Waals surface area contributed by atoms with Gasteiger partial charge in [0.15, 0.2) is 0 Å².